The van der Waals surface area contributed by atoms with Gasteiger partial charge >= 0.3 is 0 Å². The highest BCUT2D eigenvalue weighted by Crippen LogP contribution is 2.29. The van der Waals surface area contributed by atoms with Gasteiger partial charge in [0.1, 0.15) is 5.69 Å². The first kappa shape index (κ1) is 11.8. The van der Waals surface area contributed by atoms with E-state index in [0.717, 1.165) is 18.9 Å². The van der Waals surface area contributed by atoms with Gasteiger partial charge in [0.15, 0.2) is 11.6 Å². The van der Waals surface area contributed by atoms with E-state index < -0.39 is 0 Å². The standard InChI is InChI=1S/C11H20N6/c1-16(2)11-14-9(13)8(12)10(15-11)17-6-4-3-5-7-17/h3-7,12H2,1-2H3,(H2,13,14,15). The second-order valence-electron chi connectivity index (χ2n) is 4.59. The average molecular weight is 236 g/mol. The van der Waals surface area contributed by atoms with Gasteiger partial charge in [-0.15, -0.1) is 0 Å². The fraction of sp³-hybridized carbons (Fsp3) is 0.636. The van der Waals surface area contributed by atoms with Gasteiger partial charge in [0.2, 0.25) is 5.95 Å². The van der Waals surface area contributed by atoms with Crippen molar-refractivity contribution in [3.8, 4) is 0 Å². The number of aromatic nitrogens is 2. The molecule has 0 aromatic carbocycles. The Labute approximate surface area is 102 Å². The van der Waals surface area contributed by atoms with E-state index in [1.807, 2.05) is 19.0 Å². The summed E-state index contributed by atoms with van der Waals surface area (Å²) >= 11 is 0. The first-order valence-corrected chi connectivity index (χ1v) is 5.95. The molecule has 2 heterocycles. The second-order valence-corrected chi connectivity index (χ2v) is 4.59. The van der Waals surface area contributed by atoms with Crippen LogP contribution in [-0.4, -0.2) is 37.2 Å². The number of nitrogen functional groups attached to an aromatic ring is 2. The van der Waals surface area contributed by atoms with Crippen LogP contribution in [0.15, 0.2) is 0 Å². The van der Waals surface area contributed by atoms with Gasteiger partial charge in [0.25, 0.3) is 0 Å². The van der Waals surface area contributed by atoms with Crippen molar-refractivity contribution < 1.29 is 0 Å². The molecule has 0 atom stereocenters. The zero-order valence-electron chi connectivity index (χ0n) is 10.5. The Morgan fingerprint density at radius 2 is 1.71 bits per heavy atom. The molecule has 1 aliphatic heterocycles. The fourth-order valence-corrected chi connectivity index (χ4v) is 2.01. The maximum absolute atomic E-state index is 5.97. The third-order valence-corrected chi connectivity index (χ3v) is 3.00. The van der Waals surface area contributed by atoms with Crippen molar-refractivity contribution in [2.24, 2.45) is 0 Å². The summed E-state index contributed by atoms with van der Waals surface area (Å²) in [7, 11) is 3.79. The Hall–Kier alpha value is -1.72. The molecule has 0 aliphatic carbocycles. The number of hydrogen-bond donors (Lipinski definition) is 2. The van der Waals surface area contributed by atoms with E-state index in [2.05, 4.69) is 14.9 Å². The number of hydrogen-bond acceptors (Lipinski definition) is 6. The maximum atomic E-state index is 5.97. The van der Waals surface area contributed by atoms with E-state index in [-0.39, 0.29) is 0 Å². The lowest BCUT2D eigenvalue weighted by Crippen LogP contribution is -2.32. The molecule has 94 valence electrons. The van der Waals surface area contributed by atoms with Gasteiger partial charge < -0.3 is 21.3 Å². The molecule has 6 nitrogen and oxygen atoms in total. The van der Waals surface area contributed by atoms with Crippen LogP contribution in [0.4, 0.5) is 23.3 Å². The minimum Gasteiger partial charge on any atom is -0.393 e. The predicted octanol–water partition coefficient (Wildman–Crippen LogP) is 0.697. The predicted molar refractivity (Wildman–Crippen MR) is 71.2 cm³/mol. The molecular formula is C11H20N6. The molecule has 6 heteroatoms. The maximum Gasteiger partial charge on any atom is 0.228 e. The molecule has 17 heavy (non-hydrogen) atoms. The minimum atomic E-state index is 0.365. The van der Waals surface area contributed by atoms with Crippen molar-refractivity contribution in [1.29, 1.82) is 0 Å². The Morgan fingerprint density at radius 3 is 2.29 bits per heavy atom. The van der Waals surface area contributed by atoms with Gasteiger partial charge in [-0.2, -0.15) is 9.97 Å². The zero-order chi connectivity index (χ0) is 12.4. The van der Waals surface area contributed by atoms with Crippen LogP contribution < -0.4 is 21.3 Å². The molecule has 0 spiro atoms. The Balaban J connectivity index is 2.36. The average Bonchev–Trinajstić information content (AvgIpc) is 2.33. The summed E-state index contributed by atoms with van der Waals surface area (Å²) in [6, 6.07) is 0. The summed E-state index contributed by atoms with van der Waals surface area (Å²) in [4.78, 5) is 12.7. The lowest BCUT2D eigenvalue weighted by atomic mass is 10.1. The van der Waals surface area contributed by atoms with Crippen molar-refractivity contribution >= 4 is 23.3 Å². The fourth-order valence-electron chi connectivity index (χ4n) is 2.01. The van der Waals surface area contributed by atoms with Gasteiger partial charge in [-0.05, 0) is 19.3 Å². The van der Waals surface area contributed by atoms with Crippen LogP contribution in [0.5, 0.6) is 0 Å². The van der Waals surface area contributed by atoms with E-state index in [9.17, 15) is 0 Å². The van der Waals surface area contributed by atoms with Crippen molar-refractivity contribution in [2.75, 3.05) is 48.5 Å². The van der Waals surface area contributed by atoms with E-state index >= 15 is 0 Å². The first-order chi connectivity index (χ1) is 8.09. The van der Waals surface area contributed by atoms with Crippen molar-refractivity contribution in [3.05, 3.63) is 0 Å². The van der Waals surface area contributed by atoms with E-state index in [4.69, 9.17) is 11.5 Å². The second kappa shape index (κ2) is 4.65. The number of nitrogens with zero attached hydrogens (tertiary/aromatic N) is 4. The highest BCUT2D eigenvalue weighted by molar-refractivity contribution is 5.75. The lowest BCUT2D eigenvalue weighted by molar-refractivity contribution is 0.573. The molecule has 0 radical (unpaired) electrons. The van der Waals surface area contributed by atoms with Crippen molar-refractivity contribution in [2.45, 2.75) is 19.3 Å². The van der Waals surface area contributed by atoms with Gasteiger partial charge in [0.05, 0.1) is 0 Å². The molecular weight excluding hydrogens is 216 g/mol. The number of anilines is 4. The number of rotatable bonds is 2. The number of nitrogens with two attached hydrogens (primary N) is 2. The topological polar surface area (TPSA) is 84.3 Å². The first-order valence-electron chi connectivity index (χ1n) is 5.95. The smallest absolute Gasteiger partial charge is 0.228 e. The normalized spacial score (nSPS) is 16.0. The van der Waals surface area contributed by atoms with Crippen molar-refractivity contribution in [1.82, 2.24) is 9.97 Å². The molecule has 0 saturated carbocycles. The molecule has 1 fully saturated rings. The van der Waals surface area contributed by atoms with Crippen LogP contribution >= 0.6 is 0 Å². The summed E-state index contributed by atoms with van der Waals surface area (Å²) in [5, 5.41) is 0. The van der Waals surface area contributed by atoms with Crippen LogP contribution in [0.1, 0.15) is 19.3 Å². The van der Waals surface area contributed by atoms with Crippen LogP contribution in [-0.2, 0) is 0 Å². The lowest BCUT2D eigenvalue weighted by Gasteiger charge is -2.29. The summed E-state index contributed by atoms with van der Waals surface area (Å²) in [6.07, 6.45) is 3.64. The third kappa shape index (κ3) is 2.35. The number of piperidine rings is 1. The van der Waals surface area contributed by atoms with Crippen LogP contribution in [0.2, 0.25) is 0 Å². The molecule has 2 rings (SSSR count). The summed E-state index contributed by atoms with van der Waals surface area (Å²) in [6.45, 7) is 1.99. The molecule has 0 unspecified atom stereocenters. The molecule has 0 bridgehead atoms. The minimum absolute atomic E-state index is 0.365. The van der Waals surface area contributed by atoms with Gasteiger partial charge in [-0.3, -0.25) is 0 Å². The zero-order valence-corrected chi connectivity index (χ0v) is 10.5. The quantitative estimate of drug-likeness (QED) is 0.786. The molecule has 1 aromatic heterocycles. The highest BCUT2D eigenvalue weighted by Gasteiger charge is 2.18. The van der Waals surface area contributed by atoms with E-state index in [0.29, 0.717) is 17.5 Å². The Kier molecular flexibility index (Phi) is 3.21. The summed E-state index contributed by atoms with van der Waals surface area (Å²) in [5.41, 5.74) is 12.3. The summed E-state index contributed by atoms with van der Waals surface area (Å²) in [5.74, 6) is 1.75. The van der Waals surface area contributed by atoms with Gasteiger partial charge in [-0.1, -0.05) is 0 Å². The molecule has 1 aromatic rings. The summed E-state index contributed by atoms with van der Waals surface area (Å²) < 4.78 is 0. The van der Waals surface area contributed by atoms with Gasteiger partial charge in [-0.25, -0.2) is 0 Å². The monoisotopic (exact) mass is 236 g/mol. The van der Waals surface area contributed by atoms with Crippen LogP contribution in [0, 0.1) is 0 Å². The molecule has 1 aliphatic rings. The van der Waals surface area contributed by atoms with E-state index in [1.165, 1.54) is 19.3 Å². The molecule has 1 saturated heterocycles. The van der Waals surface area contributed by atoms with Crippen LogP contribution in [0.3, 0.4) is 0 Å². The molecule has 4 N–H and O–H groups in total. The third-order valence-electron chi connectivity index (χ3n) is 3.00. The Morgan fingerprint density at radius 1 is 1.06 bits per heavy atom. The largest absolute Gasteiger partial charge is 0.393 e. The van der Waals surface area contributed by atoms with Gasteiger partial charge in [0, 0.05) is 27.2 Å². The Bertz CT molecular complexity index is 397. The highest BCUT2D eigenvalue weighted by atomic mass is 15.3. The SMILES string of the molecule is CN(C)c1nc(N)c(N)c(N2CCCCC2)n1. The molecule has 0 amide bonds. The van der Waals surface area contributed by atoms with Crippen molar-refractivity contribution in [3.63, 3.8) is 0 Å². The van der Waals surface area contributed by atoms with E-state index in [1.54, 1.807) is 0 Å². The van der Waals surface area contributed by atoms with Crippen LogP contribution in [0.25, 0.3) is 0 Å².